The Hall–Kier alpha value is -0.240. The molecular formula is C11H17ClO2. The maximum absolute atomic E-state index is 10.8. The van der Waals surface area contributed by atoms with Gasteiger partial charge >= 0.3 is 5.97 Å². The predicted molar refractivity (Wildman–Crippen MR) is 55.4 cm³/mol. The van der Waals surface area contributed by atoms with Crippen LogP contribution in [-0.4, -0.2) is 16.0 Å². The first kappa shape index (κ1) is 10.3. The normalized spacial score (nSPS) is 44.2. The first-order chi connectivity index (χ1) is 6.38. The molecule has 0 aliphatic heterocycles. The van der Waals surface area contributed by atoms with E-state index in [1.54, 1.807) is 0 Å². The summed E-state index contributed by atoms with van der Waals surface area (Å²) in [4.78, 5) is 10.3. The van der Waals surface area contributed by atoms with E-state index in [0.717, 1.165) is 12.8 Å². The van der Waals surface area contributed by atoms with Gasteiger partial charge in [0, 0.05) is 0 Å². The van der Waals surface area contributed by atoms with Gasteiger partial charge in [-0.05, 0) is 36.5 Å². The minimum Gasteiger partial charge on any atom is -0.481 e. The summed E-state index contributed by atoms with van der Waals surface area (Å²) in [6, 6.07) is 0. The number of alkyl halides is 1. The van der Waals surface area contributed by atoms with E-state index < -0.39 is 10.8 Å². The quantitative estimate of drug-likeness (QED) is 0.721. The minimum absolute atomic E-state index is 0.0180. The highest BCUT2D eigenvalue weighted by Crippen LogP contribution is 2.65. The lowest BCUT2D eigenvalue weighted by Gasteiger charge is -2.44. The number of hydrogen-bond acceptors (Lipinski definition) is 1. The Balaban J connectivity index is 2.29. The first-order valence-corrected chi connectivity index (χ1v) is 5.66. The molecule has 0 heterocycles. The lowest BCUT2D eigenvalue weighted by atomic mass is 9.67. The van der Waals surface area contributed by atoms with Crippen molar-refractivity contribution in [2.24, 2.45) is 17.3 Å². The third kappa shape index (κ3) is 1.13. The highest BCUT2D eigenvalue weighted by molar-refractivity contribution is 6.26. The number of fused-ring (bicyclic) bond motifs is 2. The van der Waals surface area contributed by atoms with Crippen LogP contribution in [0.15, 0.2) is 0 Å². The molecule has 3 unspecified atom stereocenters. The molecule has 0 aromatic rings. The SMILES string of the molecule is CC1(C)C2CCC(C2)C1(Cl)CC(=O)O. The van der Waals surface area contributed by atoms with Gasteiger partial charge in [0.05, 0.1) is 11.3 Å². The van der Waals surface area contributed by atoms with E-state index in [2.05, 4.69) is 13.8 Å². The van der Waals surface area contributed by atoms with Gasteiger partial charge in [0.2, 0.25) is 0 Å². The average Bonchev–Trinajstić information content (AvgIpc) is 2.54. The third-order valence-electron chi connectivity index (χ3n) is 4.58. The van der Waals surface area contributed by atoms with E-state index in [1.165, 1.54) is 6.42 Å². The fraction of sp³-hybridized carbons (Fsp3) is 0.909. The molecule has 80 valence electrons. The van der Waals surface area contributed by atoms with Gasteiger partial charge in [-0.2, -0.15) is 0 Å². The van der Waals surface area contributed by atoms with Crippen molar-refractivity contribution in [3.63, 3.8) is 0 Å². The molecule has 14 heavy (non-hydrogen) atoms. The van der Waals surface area contributed by atoms with E-state index in [-0.39, 0.29) is 11.8 Å². The highest BCUT2D eigenvalue weighted by Gasteiger charge is 2.62. The Morgan fingerprint density at radius 1 is 1.43 bits per heavy atom. The molecule has 2 fully saturated rings. The molecule has 3 heteroatoms. The van der Waals surface area contributed by atoms with Gasteiger partial charge in [0.15, 0.2) is 0 Å². The van der Waals surface area contributed by atoms with Crippen LogP contribution in [0.2, 0.25) is 0 Å². The van der Waals surface area contributed by atoms with Crippen LogP contribution >= 0.6 is 11.6 Å². The van der Waals surface area contributed by atoms with Crippen molar-refractivity contribution in [2.75, 3.05) is 0 Å². The standard InChI is InChI=1S/C11H17ClO2/c1-10(2)7-3-4-8(5-7)11(10,12)6-9(13)14/h7-8H,3-6H2,1-2H3,(H,13,14). The average molecular weight is 217 g/mol. The van der Waals surface area contributed by atoms with Gasteiger partial charge in [-0.15, -0.1) is 11.6 Å². The van der Waals surface area contributed by atoms with Gasteiger partial charge in [-0.1, -0.05) is 13.8 Å². The number of hydrogen-bond donors (Lipinski definition) is 1. The van der Waals surface area contributed by atoms with Gasteiger partial charge in [-0.25, -0.2) is 0 Å². The van der Waals surface area contributed by atoms with Crippen LogP contribution in [0.1, 0.15) is 39.5 Å². The molecular weight excluding hydrogens is 200 g/mol. The lowest BCUT2D eigenvalue weighted by Crippen LogP contribution is -2.46. The number of carboxylic acid groups (broad SMARTS) is 1. The Morgan fingerprint density at radius 2 is 2.00 bits per heavy atom. The molecule has 2 saturated carbocycles. The summed E-state index contributed by atoms with van der Waals surface area (Å²) >= 11 is 6.57. The zero-order chi connectivity index (χ0) is 10.6. The maximum Gasteiger partial charge on any atom is 0.305 e. The van der Waals surface area contributed by atoms with Crippen LogP contribution in [-0.2, 0) is 4.79 Å². The van der Waals surface area contributed by atoms with Crippen molar-refractivity contribution in [3.05, 3.63) is 0 Å². The highest BCUT2D eigenvalue weighted by atomic mass is 35.5. The molecule has 2 nitrogen and oxygen atoms in total. The van der Waals surface area contributed by atoms with Gasteiger partial charge < -0.3 is 5.11 Å². The predicted octanol–water partition coefficient (Wildman–Crippen LogP) is 2.89. The molecule has 0 saturated heterocycles. The fourth-order valence-corrected chi connectivity index (χ4v) is 3.98. The molecule has 3 atom stereocenters. The van der Waals surface area contributed by atoms with Crippen molar-refractivity contribution >= 4 is 17.6 Å². The summed E-state index contributed by atoms with van der Waals surface area (Å²) in [5.41, 5.74) is -0.0180. The molecule has 0 aromatic heterocycles. The van der Waals surface area contributed by atoms with Crippen LogP contribution < -0.4 is 0 Å². The molecule has 0 amide bonds. The number of carbonyl (C=O) groups is 1. The van der Waals surface area contributed by atoms with Crippen molar-refractivity contribution in [2.45, 2.75) is 44.4 Å². The Kier molecular flexibility index (Phi) is 2.11. The fourth-order valence-electron chi connectivity index (χ4n) is 3.51. The topological polar surface area (TPSA) is 37.3 Å². The molecule has 2 aliphatic carbocycles. The van der Waals surface area contributed by atoms with Crippen molar-refractivity contribution < 1.29 is 9.90 Å². The van der Waals surface area contributed by atoms with E-state index in [1.807, 2.05) is 0 Å². The van der Waals surface area contributed by atoms with Crippen LogP contribution in [0.25, 0.3) is 0 Å². The smallest absolute Gasteiger partial charge is 0.305 e. The lowest BCUT2D eigenvalue weighted by molar-refractivity contribution is -0.139. The van der Waals surface area contributed by atoms with Gasteiger partial charge in [0.1, 0.15) is 0 Å². The second kappa shape index (κ2) is 2.88. The first-order valence-electron chi connectivity index (χ1n) is 5.28. The summed E-state index contributed by atoms with van der Waals surface area (Å²) in [5, 5.41) is 8.92. The minimum atomic E-state index is -0.763. The van der Waals surface area contributed by atoms with Crippen LogP contribution in [0.4, 0.5) is 0 Å². The molecule has 2 bridgehead atoms. The molecule has 2 aliphatic rings. The summed E-state index contributed by atoms with van der Waals surface area (Å²) in [6.07, 6.45) is 3.59. The number of halogens is 1. The zero-order valence-corrected chi connectivity index (χ0v) is 9.47. The second-order valence-electron chi connectivity index (χ2n) is 5.36. The Bertz CT molecular complexity index is 274. The molecule has 1 N–H and O–H groups in total. The monoisotopic (exact) mass is 216 g/mol. The van der Waals surface area contributed by atoms with Gasteiger partial charge in [-0.3, -0.25) is 4.79 Å². The molecule has 0 spiro atoms. The van der Waals surface area contributed by atoms with Crippen molar-refractivity contribution in [1.29, 1.82) is 0 Å². The van der Waals surface area contributed by atoms with E-state index in [4.69, 9.17) is 16.7 Å². The van der Waals surface area contributed by atoms with Crippen molar-refractivity contribution in [1.82, 2.24) is 0 Å². The molecule has 0 radical (unpaired) electrons. The maximum atomic E-state index is 10.8. The largest absolute Gasteiger partial charge is 0.481 e. The summed E-state index contributed by atoms with van der Waals surface area (Å²) < 4.78 is 0. The number of carboxylic acids is 1. The number of rotatable bonds is 2. The Labute approximate surface area is 89.6 Å². The number of aliphatic carboxylic acids is 1. The van der Waals surface area contributed by atoms with Crippen LogP contribution in [0.5, 0.6) is 0 Å². The molecule has 0 aromatic carbocycles. The van der Waals surface area contributed by atoms with E-state index >= 15 is 0 Å². The second-order valence-corrected chi connectivity index (χ2v) is 6.04. The summed E-state index contributed by atoms with van der Waals surface area (Å²) in [6.45, 7) is 4.26. The zero-order valence-electron chi connectivity index (χ0n) is 8.72. The van der Waals surface area contributed by atoms with Crippen LogP contribution in [0.3, 0.4) is 0 Å². The van der Waals surface area contributed by atoms with Crippen molar-refractivity contribution in [3.8, 4) is 0 Å². The Morgan fingerprint density at radius 3 is 2.43 bits per heavy atom. The summed E-state index contributed by atoms with van der Waals surface area (Å²) in [5.74, 6) is 0.283. The van der Waals surface area contributed by atoms with Gasteiger partial charge in [0.25, 0.3) is 0 Å². The molecule has 2 rings (SSSR count). The third-order valence-corrected chi connectivity index (χ3v) is 5.51. The summed E-state index contributed by atoms with van der Waals surface area (Å²) in [7, 11) is 0. The van der Waals surface area contributed by atoms with Crippen LogP contribution in [0, 0.1) is 17.3 Å². The van der Waals surface area contributed by atoms with E-state index in [9.17, 15) is 4.79 Å². The van der Waals surface area contributed by atoms with E-state index in [0.29, 0.717) is 11.8 Å².